The first kappa shape index (κ1) is 38.3. The number of aliphatic hydroxyl groups is 2. The van der Waals surface area contributed by atoms with E-state index in [-0.39, 0.29) is 6.04 Å². The third kappa shape index (κ3) is 7.38. The van der Waals surface area contributed by atoms with Crippen LogP contribution in [0.15, 0.2) is 53.2 Å². The van der Waals surface area contributed by atoms with Crippen molar-refractivity contribution in [2.45, 2.75) is 88.7 Å². The van der Waals surface area contributed by atoms with Crippen LogP contribution in [0.3, 0.4) is 0 Å². The first-order valence-corrected chi connectivity index (χ1v) is 18.5. The number of carboxylic acid groups (broad SMARTS) is 1. The topological polar surface area (TPSA) is 239 Å². The molecule has 2 aromatic carbocycles. The maximum absolute atomic E-state index is 13.6. The molecule has 3 aromatic heterocycles. The number of nitrogens with one attached hydrogen (secondary N) is 4. The summed E-state index contributed by atoms with van der Waals surface area (Å²) in [6.45, 7) is 6.55. The van der Waals surface area contributed by atoms with Crippen molar-refractivity contribution in [1.29, 1.82) is 0 Å². The highest BCUT2D eigenvalue weighted by molar-refractivity contribution is 6.06. The molecule has 5 aromatic rings. The van der Waals surface area contributed by atoms with E-state index in [2.05, 4.69) is 25.3 Å². The number of likely N-dealkylation sites (tertiary alicyclic amines) is 2. The Labute approximate surface area is 321 Å². The quantitative estimate of drug-likeness (QED) is 0.104. The van der Waals surface area contributed by atoms with Crippen molar-refractivity contribution in [3.05, 3.63) is 60.4 Å². The average Bonchev–Trinajstić information content (AvgIpc) is 3.99. The van der Waals surface area contributed by atoms with Crippen LogP contribution < -0.4 is 10.6 Å². The predicted molar refractivity (Wildman–Crippen MR) is 203 cm³/mol. The Kier molecular flexibility index (Phi) is 10.0. The Hall–Kier alpha value is -5.94. The summed E-state index contributed by atoms with van der Waals surface area (Å²) in [6, 6.07) is 8.30. The summed E-state index contributed by atoms with van der Waals surface area (Å²) in [5.41, 5.74) is 1.03. The van der Waals surface area contributed by atoms with Crippen LogP contribution in [0.5, 0.6) is 0 Å². The molecule has 296 valence electrons. The second-order valence-corrected chi connectivity index (χ2v) is 15.5. The molecule has 4 amide bonds. The van der Waals surface area contributed by atoms with Gasteiger partial charge in [0.1, 0.15) is 34.9 Å². The zero-order valence-corrected chi connectivity index (χ0v) is 31.8. The summed E-state index contributed by atoms with van der Waals surface area (Å²) in [7, 11) is 1.20. The van der Waals surface area contributed by atoms with Gasteiger partial charge in [0.05, 0.1) is 41.8 Å². The molecule has 56 heavy (non-hydrogen) atoms. The SMILES string of the molecule is COC(=O)N[C@H](C(=O)N1CCCC1c1nc(-c2ccc3c(c2)oc2cc(-c4c[nH]c([C@@H]5CCCN5C(=O)[C@@H](NC(=O)O)C(C)(C)O)n4)ccc23)c[nH]1)C(C)(C)O. The van der Waals surface area contributed by atoms with Crippen molar-refractivity contribution in [2.75, 3.05) is 20.2 Å². The monoisotopic (exact) mass is 770 g/mol. The van der Waals surface area contributed by atoms with Gasteiger partial charge in [-0.05, 0) is 77.6 Å². The molecule has 0 bridgehead atoms. The predicted octanol–water partition coefficient (Wildman–Crippen LogP) is 4.60. The minimum absolute atomic E-state index is 0.382. The fourth-order valence-corrected chi connectivity index (χ4v) is 7.75. The average molecular weight is 771 g/mol. The lowest BCUT2D eigenvalue weighted by molar-refractivity contribution is -0.141. The zero-order valence-electron chi connectivity index (χ0n) is 31.8. The highest BCUT2D eigenvalue weighted by Gasteiger charge is 2.43. The van der Waals surface area contributed by atoms with E-state index >= 15 is 0 Å². The molecule has 0 radical (unpaired) electrons. The smallest absolute Gasteiger partial charge is 0.407 e. The van der Waals surface area contributed by atoms with Crippen LogP contribution in [0, 0.1) is 0 Å². The summed E-state index contributed by atoms with van der Waals surface area (Å²) >= 11 is 0. The Morgan fingerprint density at radius 2 is 1.23 bits per heavy atom. The Morgan fingerprint density at radius 1 is 0.786 bits per heavy atom. The Balaban J connectivity index is 1.10. The number of H-pyrrole nitrogens is 2. The summed E-state index contributed by atoms with van der Waals surface area (Å²) in [5, 5.41) is 37.0. The molecular formula is C39H46N8O9. The first-order chi connectivity index (χ1) is 26.5. The molecule has 2 aliphatic rings. The van der Waals surface area contributed by atoms with E-state index in [1.54, 1.807) is 22.2 Å². The number of aromatic nitrogens is 4. The van der Waals surface area contributed by atoms with Crippen LogP contribution in [0.4, 0.5) is 9.59 Å². The lowest BCUT2D eigenvalue weighted by Crippen LogP contribution is -2.58. The number of hydrogen-bond donors (Lipinski definition) is 7. The number of imidazole rings is 2. The molecule has 2 fully saturated rings. The lowest BCUT2D eigenvalue weighted by atomic mass is 9.97. The number of nitrogens with zero attached hydrogens (tertiary/aromatic N) is 4. The highest BCUT2D eigenvalue weighted by Crippen LogP contribution is 2.37. The second-order valence-electron chi connectivity index (χ2n) is 15.5. The molecule has 5 heterocycles. The minimum Gasteiger partial charge on any atom is -0.465 e. The number of carbonyl (C=O) groups excluding carboxylic acids is 3. The standard InChI is InChI=1S/C39H46N8O9/c1-38(2,53)30(44-36(50)51)34(48)46-14-6-8-26(46)32-40-18-24(42-32)20-10-12-22-23-13-11-21(17-29(23)56-28(22)16-20)25-19-41-33(43-25)27-9-7-15-47(27)35(49)31(39(3,4)54)45-37(52)55-5/h10-13,16-19,26-27,30-31,44,53-54H,6-9,14-15H2,1-5H3,(H,40,42)(H,41,43)(H,45,52)(H,50,51)/t26-,27?,30+,31+/m0/s1. The molecule has 0 spiro atoms. The molecule has 0 saturated carbocycles. The summed E-state index contributed by atoms with van der Waals surface area (Å²) in [5.74, 6) is 0.197. The number of furan rings is 1. The van der Waals surface area contributed by atoms with Gasteiger partial charge in [0, 0.05) is 47.4 Å². The Morgan fingerprint density at radius 3 is 1.64 bits per heavy atom. The van der Waals surface area contributed by atoms with Gasteiger partial charge in [0.2, 0.25) is 11.8 Å². The fourth-order valence-electron chi connectivity index (χ4n) is 7.75. The van der Waals surface area contributed by atoms with Crippen molar-refractivity contribution >= 4 is 45.9 Å². The van der Waals surface area contributed by atoms with Gasteiger partial charge in [0.15, 0.2) is 0 Å². The number of rotatable bonds is 10. The number of aromatic amines is 2. The normalized spacial score (nSPS) is 18.7. The van der Waals surface area contributed by atoms with Crippen molar-refractivity contribution in [2.24, 2.45) is 0 Å². The van der Waals surface area contributed by atoms with Gasteiger partial charge in [-0.25, -0.2) is 19.6 Å². The minimum atomic E-state index is -1.62. The van der Waals surface area contributed by atoms with E-state index in [4.69, 9.17) is 14.4 Å². The second kappa shape index (κ2) is 14.6. The molecule has 2 saturated heterocycles. The summed E-state index contributed by atoms with van der Waals surface area (Å²) in [4.78, 5) is 69.8. The van der Waals surface area contributed by atoms with E-state index in [1.165, 1.54) is 34.8 Å². The van der Waals surface area contributed by atoms with E-state index in [9.17, 15) is 34.5 Å². The molecule has 17 nitrogen and oxygen atoms in total. The van der Waals surface area contributed by atoms with E-state index in [1.807, 2.05) is 36.4 Å². The molecule has 0 aliphatic carbocycles. The lowest BCUT2D eigenvalue weighted by Gasteiger charge is -2.34. The van der Waals surface area contributed by atoms with Crippen molar-refractivity contribution < 1.29 is 43.7 Å². The number of fused-ring (bicyclic) bond motifs is 3. The van der Waals surface area contributed by atoms with Gasteiger partial charge in [0.25, 0.3) is 0 Å². The molecule has 7 rings (SSSR count). The maximum Gasteiger partial charge on any atom is 0.407 e. The van der Waals surface area contributed by atoms with Crippen LogP contribution >= 0.6 is 0 Å². The summed E-state index contributed by atoms with van der Waals surface area (Å²) in [6.07, 6.45) is 4.03. The number of benzene rings is 2. The first-order valence-electron chi connectivity index (χ1n) is 18.5. The number of amides is 4. The van der Waals surface area contributed by atoms with Crippen LogP contribution in [0.25, 0.3) is 44.5 Å². The molecular weight excluding hydrogens is 724 g/mol. The van der Waals surface area contributed by atoms with Gasteiger partial charge < -0.3 is 54.9 Å². The molecule has 1 unspecified atom stereocenters. The third-order valence-electron chi connectivity index (χ3n) is 10.6. The van der Waals surface area contributed by atoms with Gasteiger partial charge in [-0.2, -0.15) is 0 Å². The van der Waals surface area contributed by atoms with Crippen molar-refractivity contribution in [3.63, 3.8) is 0 Å². The van der Waals surface area contributed by atoms with Crippen LogP contribution in [0.1, 0.15) is 77.1 Å². The Bertz CT molecular complexity index is 2300. The van der Waals surface area contributed by atoms with Crippen LogP contribution in [0.2, 0.25) is 0 Å². The fraction of sp³-hybridized carbons (Fsp3) is 0.436. The van der Waals surface area contributed by atoms with E-state index < -0.39 is 53.3 Å². The largest absolute Gasteiger partial charge is 0.465 e. The van der Waals surface area contributed by atoms with E-state index in [0.29, 0.717) is 66.6 Å². The number of carbonyl (C=O) groups is 4. The summed E-state index contributed by atoms with van der Waals surface area (Å²) < 4.78 is 11.0. The molecule has 2 aliphatic heterocycles. The number of methoxy groups -OCH3 is 1. The van der Waals surface area contributed by atoms with E-state index in [0.717, 1.165) is 28.3 Å². The number of alkyl carbamates (subject to hydrolysis) is 1. The van der Waals surface area contributed by atoms with Gasteiger partial charge in [-0.3, -0.25) is 9.59 Å². The molecule has 17 heteroatoms. The van der Waals surface area contributed by atoms with Crippen molar-refractivity contribution in [1.82, 2.24) is 40.4 Å². The highest BCUT2D eigenvalue weighted by atomic mass is 16.5. The van der Waals surface area contributed by atoms with Crippen LogP contribution in [-0.2, 0) is 14.3 Å². The van der Waals surface area contributed by atoms with Crippen molar-refractivity contribution in [3.8, 4) is 22.5 Å². The molecule has 4 atom stereocenters. The maximum atomic E-state index is 13.6. The van der Waals surface area contributed by atoms with Crippen LogP contribution in [-0.4, -0.2) is 113 Å². The number of hydrogen-bond acceptors (Lipinski definition) is 10. The van der Waals surface area contributed by atoms with Gasteiger partial charge in [-0.1, -0.05) is 12.1 Å². The molecule has 7 N–H and O–H groups in total. The van der Waals surface area contributed by atoms with Gasteiger partial charge >= 0.3 is 12.2 Å². The third-order valence-corrected chi connectivity index (χ3v) is 10.6. The zero-order chi connectivity index (χ0) is 40.1. The van der Waals surface area contributed by atoms with Gasteiger partial charge in [-0.15, -0.1) is 0 Å². The number of ether oxygens (including phenoxy) is 1.